The van der Waals surface area contributed by atoms with Crippen LogP contribution in [0.5, 0.6) is 11.5 Å². The average Bonchev–Trinajstić information content (AvgIpc) is 3.65. The number of ether oxygens (including phenoxy) is 2. The van der Waals surface area contributed by atoms with Crippen LogP contribution in [0, 0.1) is 5.92 Å². The number of phenolic OH excluding ortho intramolecular Hbond substituents is 1. The molecule has 2 bridgehead atoms. The highest BCUT2D eigenvalue weighted by molar-refractivity contribution is 5.95. The van der Waals surface area contributed by atoms with Crippen LogP contribution in [0.15, 0.2) is 48.7 Å². The maximum Gasteiger partial charge on any atom is 0.340 e. The second-order valence-corrected chi connectivity index (χ2v) is 11.5. The second kappa shape index (κ2) is 8.17. The second-order valence-electron chi connectivity index (χ2n) is 11.5. The molecule has 7 nitrogen and oxygen atoms in total. The minimum absolute atomic E-state index is 0. The van der Waals surface area contributed by atoms with Gasteiger partial charge in [-0.1, -0.05) is 24.3 Å². The molecule has 3 fully saturated rings. The fourth-order valence-electron chi connectivity index (χ4n) is 7.85. The van der Waals surface area contributed by atoms with Crippen LogP contribution in [0.1, 0.15) is 53.6 Å². The first-order valence-corrected chi connectivity index (χ1v) is 13.4. The van der Waals surface area contributed by atoms with Gasteiger partial charge in [-0.25, -0.2) is 4.79 Å². The van der Waals surface area contributed by atoms with E-state index in [1.807, 2.05) is 36.4 Å². The highest BCUT2D eigenvalue weighted by Crippen LogP contribution is 2.66. The maximum absolute atomic E-state index is 13.9. The van der Waals surface area contributed by atoms with Gasteiger partial charge < -0.3 is 14.6 Å². The Balaban J connectivity index is 0.00000242. The normalized spacial score (nSPS) is 30.8. The van der Waals surface area contributed by atoms with Crippen LogP contribution in [-0.4, -0.2) is 57.6 Å². The van der Waals surface area contributed by atoms with Gasteiger partial charge in [-0.15, -0.1) is 12.4 Å². The number of para-hydroxylation sites is 1. The third-order valence-corrected chi connectivity index (χ3v) is 9.62. The molecule has 0 unspecified atom stereocenters. The number of nitrogens with zero attached hydrogens (tertiary/aromatic N) is 2. The number of fused-ring (bicyclic) bond motifs is 1. The fourth-order valence-corrected chi connectivity index (χ4v) is 7.85. The van der Waals surface area contributed by atoms with Crippen molar-refractivity contribution >= 4 is 35.1 Å². The SMILES string of the molecule is Cl.O=C(O[C@@]12CCC(=O)[C@@H]3Oc4c(O)ccc5c4[C@@]31CCN(CC1CC1)[C@@H]2C5)c1cnc2ccccc2c1. The number of esters is 1. The minimum Gasteiger partial charge on any atom is -0.504 e. The van der Waals surface area contributed by atoms with Gasteiger partial charge in [-0.2, -0.15) is 0 Å². The number of aromatic hydroxyl groups is 1. The summed E-state index contributed by atoms with van der Waals surface area (Å²) in [6.45, 7) is 1.80. The van der Waals surface area contributed by atoms with E-state index in [1.165, 1.54) is 12.8 Å². The Morgan fingerprint density at radius 2 is 2.03 bits per heavy atom. The van der Waals surface area contributed by atoms with Gasteiger partial charge in [0, 0.05) is 30.1 Å². The molecule has 196 valence electrons. The van der Waals surface area contributed by atoms with Gasteiger partial charge in [0.25, 0.3) is 0 Å². The summed E-state index contributed by atoms with van der Waals surface area (Å²) in [5.74, 6) is 0.745. The van der Waals surface area contributed by atoms with Crippen molar-refractivity contribution in [1.29, 1.82) is 0 Å². The first kappa shape index (κ1) is 23.9. The van der Waals surface area contributed by atoms with E-state index in [4.69, 9.17) is 9.47 Å². The van der Waals surface area contributed by atoms with Crippen LogP contribution in [0.2, 0.25) is 0 Å². The van der Waals surface area contributed by atoms with Crippen LogP contribution in [0.25, 0.3) is 10.9 Å². The molecule has 38 heavy (non-hydrogen) atoms. The zero-order valence-electron chi connectivity index (χ0n) is 20.9. The number of aromatic nitrogens is 1. The molecule has 4 atom stereocenters. The summed E-state index contributed by atoms with van der Waals surface area (Å²) in [6.07, 6.45) is 5.40. The number of piperidine rings is 1. The number of hydrogen-bond donors (Lipinski definition) is 1. The lowest BCUT2D eigenvalue weighted by molar-refractivity contribution is -0.190. The molecular formula is C30H29ClN2O5. The van der Waals surface area contributed by atoms with E-state index in [-0.39, 0.29) is 36.4 Å². The molecule has 3 aromatic rings. The highest BCUT2D eigenvalue weighted by atomic mass is 35.5. The van der Waals surface area contributed by atoms with Gasteiger partial charge in [0.15, 0.2) is 23.4 Å². The third-order valence-electron chi connectivity index (χ3n) is 9.62. The van der Waals surface area contributed by atoms with Crippen molar-refractivity contribution in [2.45, 2.75) is 61.7 Å². The number of carbonyl (C=O) groups is 2. The number of rotatable bonds is 4. The van der Waals surface area contributed by atoms with Gasteiger partial charge in [-0.05, 0) is 68.3 Å². The summed E-state index contributed by atoms with van der Waals surface area (Å²) >= 11 is 0. The summed E-state index contributed by atoms with van der Waals surface area (Å²) in [6, 6.07) is 13.1. The van der Waals surface area contributed by atoms with Crippen LogP contribution < -0.4 is 4.74 Å². The van der Waals surface area contributed by atoms with E-state index in [0.717, 1.165) is 35.1 Å². The molecule has 8 rings (SSSR count). The van der Waals surface area contributed by atoms with Crippen molar-refractivity contribution in [1.82, 2.24) is 9.88 Å². The summed E-state index contributed by atoms with van der Waals surface area (Å²) in [5.41, 5.74) is 1.49. The lowest BCUT2D eigenvalue weighted by Gasteiger charge is -2.63. The van der Waals surface area contributed by atoms with E-state index >= 15 is 0 Å². The van der Waals surface area contributed by atoms with E-state index in [1.54, 1.807) is 12.3 Å². The number of phenols is 1. The largest absolute Gasteiger partial charge is 0.504 e. The van der Waals surface area contributed by atoms with Crippen molar-refractivity contribution in [3.05, 3.63) is 65.4 Å². The standard InChI is InChI=1S/C30H28N2O5.ClH/c33-22-8-7-19-14-24-30(37-28(35)20-13-18-3-1-2-4-21(18)31-15-20)10-9-23(34)27-29(30,25(19)26(22)36-27)11-12-32(24)16-17-5-6-17;/h1-4,7-8,13,15,17,24,27,33H,5-6,9-12,14,16H2;1H/t24-,27+,29+,30-;/m1./s1. The molecule has 3 aliphatic carbocycles. The van der Waals surface area contributed by atoms with Crippen molar-refractivity contribution in [2.24, 2.45) is 5.92 Å². The number of pyridine rings is 1. The summed E-state index contributed by atoms with van der Waals surface area (Å²) in [4.78, 5) is 34.3. The Labute approximate surface area is 226 Å². The molecule has 2 aromatic carbocycles. The first-order valence-electron chi connectivity index (χ1n) is 13.4. The summed E-state index contributed by atoms with van der Waals surface area (Å²) in [5, 5.41) is 11.6. The average molecular weight is 533 g/mol. The molecule has 1 N–H and O–H groups in total. The zero-order chi connectivity index (χ0) is 24.9. The van der Waals surface area contributed by atoms with E-state index in [9.17, 15) is 14.7 Å². The molecule has 1 aromatic heterocycles. The van der Waals surface area contributed by atoms with Crippen LogP contribution >= 0.6 is 12.4 Å². The lowest BCUT2D eigenvalue weighted by atomic mass is 9.48. The molecule has 5 aliphatic rings. The fraction of sp³-hybridized carbons (Fsp3) is 0.433. The molecule has 1 spiro atoms. The number of carbonyl (C=O) groups excluding carboxylic acids is 2. The quantitative estimate of drug-likeness (QED) is 0.499. The topological polar surface area (TPSA) is 89.0 Å². The van der Waals surface area contributed by atoms with Crippen LogP contribution in [0.3, 0.4) is 0 Å². The Bertz CT molecular complexity index is 1510. The number of ketones is 1. The predicted octanol–water partition coefficient (Wildman–Crippen LogP) is 4.36. The Morgan fingerprint density at radius 1 is 1.18 bits per heavy atom. The predicted molar refractivity (Wildman–Crippen MR) is 142 cm³/mol. The molecular weight excluding hydrogens is 504 g/mol. The van der Waals surface area contributed by atoms with Gasteiger partial charge in [0.1, 0.15) is 5.60 Å². The summed E-state index contributed by atoms with van der Waals surface area (Å²) < 4.78 is 13.0. The van der Waals surface area contributed by atoms with Crippen LogP contribution in [-0.2, 0) is 21.4 Å². The van der Waals surface area contributed by atoms with Gasteiger partial charge in [0.2, 0.25) is 0 Å². The van der Waals surface area contributed by atoms with Crippen molar-refractivity contribution in [2.75, 3.05) is 13.1 Å². The molecule has 2 saturated carbocycles. The highest BCUT2D eigenvalue weighted by Gasteiger charge is 2.75. The molecule has 8 heteroatoms. The van der Waals surface area contributed by atoms with Crippen LogP contribution in [0.4, 0.5) is 0 Å². The zero-order valence-corrected chi connectivity index (χ0v) is 21.7. The van der Waals surface area contributed by atoms with Gasteiger partial charge in [-0.3, -0.25) is 14.7 Å². The molecule has 1 saturated heterocycles. The number of benzene rings is 2. The lowest BCUT2D eigenvalue weighted by Crippen LogP contribution is -2.77. The van der Waals surface area contributed by atoms with Crippen molar-refractivity contribution in [3.63, 3.8) is 0 Å². The Morgan fingerprint density at radius 3 is 2.87 bits per heavy atom. The Kier molecular flexibility index (Phi) is 5.14. The monoisotopic (exact) mass is 532 g/mol. The molecule has 3 heterocycles. The number of likely N-dealkylation sites (tertiary alicyclic amines) is 1. The van der Waals surface area contributed by atoms with Gasteiger partial charge >= 0.3 is 5.97 Å². The Hall–Kier alpha value is -3.16. The molecule has 2 aliphatic heterocycles. The first-order chi connectivity index (χ1) is 18.0. The van der Waals surface area contributed by atoms with E-state index in [2.05, 4.69) is 9.88 Å². The maximum atomic E-state index is 13.9. The smallest absolute Gasteiger partial charge is 0.340 e. The van der Waals surface area contributed by atoms with E-state index in [0.29, 0.717) is 36.5 Å². The van der Waals surface area contributed by atoms with Crippen molar-refractivity contribution in [3.8, 4) is 11.5 Å². The number of hydrogen-bond acceptors (Lipinski definition) is 7. The van der Waals surface area contributed by atoms with Gasteiger partial charge in [0.05, 0.1) is 22.5 Å². The third kappa shape index (κ3) is 3.03. The van der Waals surface area contributed by atoms with Crippen molar-refractivity contribution < 1.29 is 24.2 Å². The minimum atomic E-state index is -0.923. The number of Topliss-reactive ketones (excluding diaryl/α,β-unsaturated/α-hetero) is 1. The van der Waals surface area contributed by atoms with E-state index < -0.39 is 23.1 Å². The molecule has 0 radical (unpaired) electrons. The summed E-state index contributed by atoms with van der Waals surface area (Å²) in [7, 11) is 0. The number of halogens is 1. The molecule has 0 amide bonds.